The molecule has 0 saturated heterocycles. The smallest absolute Gasteiger partial charge is 0.416 e. The summed E-state index contributed by atoms with van der Waals surface area (Å²) in [7, 11) is 0. The number of rotatable bonds is 2. The second kappa shape index (κ2) is 6.31. The van der Waals surface area contributed by atoms with Crippen molar-refractivity contribution in [1.82, 2.24) is 9.38 Å². The standard InChI is InChI=1S/C21H11F3N2O2S/c22-21(23,24)13-5-3-4-12(10-13)17-9-8-14(28-17)11-18-19(27)26-16-7-2-1-6-15(16)25-20(26)29-18/h1-11H. The van der Waals surface area contributed by atoms with E-state index in [1.807, 2.05) is 24.3 Å². The number of aromatic nitrogens is 2. The van der Waals surface area contributed by atoms with Crippen LogP contribution in [0, 0.1) is 0 Å². The molecule has 4 nitrogen and oxygen atoms in total. The highest BCUT2D eigenvalue weighted by molar-refractivity contribution is 7.15. The van der Waals surface area contributed by atoms with Crippen LogP contribution in [-0.4, -0.2) is 9.38 Å². The summed E-state index contributed by atoms with van der Waals surface area (Å²) >= 11 is 1.23. The Labute approximate surface area is 165 Å². The van der Waals surface area contributed by atoms with Gasteiger partial charge in [-0.1, -0.05) is 35.6 Å². The van der Waals surface area contributed by atoms with E-state index < -0.39 is 11.7 Å². The first-order valence-electron chi connectivity index (χ1n) is 8.59. The van der Waals surface area contributed by atoms with E-state index in [1.54, 1.807) is 28.7 Å². The topological polar surface area (TPSA) is 47.5 Å². The molecular formula is C21H11F3N2O2S. The molecule has 0 bridgehead atoms. The van der Waals surface area contributed by atoms with E-state index in [-0.39, 0.29) is 5.56 Å². The first-order valence-corrected chi connectivity index (χ1v) is 9.41. The lowest BCUT2D eigenvalue weighted by atomic mass is 10.1. The van der Waals surface area contributed by atoms with Gasteiger partial charge in [0.15, 0.2) is 4.96 Å². The van der Waals surface area contributed by atoms with Crippen LogP contribution in [0.15, 0.2) is 69.9 Å². The Kier molecular flexibility index (Phi) is 3.85. The molecule has 3 aromatic heterocycles. The molecule has 3 heterocycles. The number of fused-ring (bicyclic) bond motifs is 3. The van der Waals surface area contributed by atoms with Crippen molar-refractivity contribution in [1.29, 1.82) is 0 Å². The molecule has 0 radical (unpaired) electrons. The largest absolute Gasteiger partial charge is 0.457 e. The first-order chi connectivity index (χ1) is 13.9. The monoisotopic (exact) mass is 412 g/mol. The normalized spacial score (nSPS) is 13.0. The van der Waals surface area contributed by atoms with Crippen LogP contribution >= 0.6 is 11.3 Å². The Balaban J connectivity index is 1.57. The number of benzene rings is 2. The Morgan fingerprint density at radius 3 is 2.69 bits per heavy atom. The number of imidazole rings is 1. The van der Waals surface area contributed by atoms with Gasteiger partial charge in [0.1, 0.15) is 16.1 Å². The van der Waals surface area contributed by atoms with Crippen molar-refractivity contribution in [2.45, 2.75) is 6.18 Å². The molecule has 8 heteroatoms. The molecule has 0 fully saturated rings. The molecule has 0 amide bonds. The Hall–Kier alpha value is -3.39. The van der Waals surface area contributed by atoms with Crippen molar-refractivity contribution in [3.8, 4) is 11.3 Å². The molecule has 5 rings (SSSR count). The van der Waals surface area contributed by atoms with Crippen molar-refractivity contribution in [2.24, 2.45) is 0 Å². The molecule has 0 aliphatic heterocycles. The minimum Gasteiger partial charge on any atom is -0.457 e. The van der Waals surface area contributed by atoms with E-state index >= 15 is 0 Å². The molecule has 0 spiro atoms. The summed E-state index contributed by atoms with van der Waals surface area (Å²) in [6, 6.07) is 15.5. The summed E-state index contributed by atoms with van der Waals surface area (Å²) < 4.78 is 46.4. The van der Waals surface area contributed by atoms with Crippen LogP contribution in [0.5, 0.6) is 0 Å². The van der Waals surface area contributed by atoms with Crippen LogP contribution in [0.2, 0.25) is 0 Å². The van der Waals surface area contributed by atoms with Crippen molar-refractivity contribution in [3.05, 3.63) is 86.9 Å². The zero-order valence-corrected chi connectivity index (χ0v) is 15.4. The second-order valence-corrected chi connectivity index (χ2v) is 7.42. The van der Waals surface area contributed by atoms with Gasteiger partial charge in [0, 0.05) is 11.6 Å². The van der Waals surface area contributed by atoms with Crippen molar-refractivity contribution < 1.29 is 17.6 Å². The predicted octanol–water partition coefficient (Wildman–Crippen LogP) is 4.74. The van der Waals surface area contributed by atoms with Crippen molar-refractivity contribution in [3.63, 3.8) is 0 Å². The summed E-state index contributed by atoms with van der Waals surface area (Å²) in [5, 5.41) is 0. The number of hydrogen-bond acceptors (Lipinski definition) is 4. The molecule has 0 saturated carbocycles. The Morgan fingerprint density at radius 2 is 1.86 bits per heavy atom. The predicted molar refractivity (Wildman–Crippen MR) is 105 cm³/mol. The van der Waals surface area contributed by atoms with Gasteiger partial charge in [0.2, 0.25) is 0 Å². The van der Waals surface area contributed by atoms with Crippen LogP contribution < -0.4 is 10.1 Å². The van der Waals surface area contributed by atoms with Gasteiger partial charge in [0.05, 0.1) is 16.6 Å². The summed E-state index contributed by atoms with van der Waals surface area (Å²) in [5.41, 5.74) is 0.828. The average molecular weight is 412 g/mol. The van der Waals surface area contributed by atoms with Gasteiger partial charge in [-0.25, -0.2) is 9.38 Å². The maximum absolute atomic E-state index is 12.9. The zero-order valence-electron chi connectivity index (χ0n) is 14.6. The summed E-state index contributed by atoms with van der Waals surface area (Å²) in [5.74, 6) is 0.671. The van der Waals surface area contributed by atoms with Gasteiger partial charge in [-0.3, -0.25) is 4.79 Å². The van der Waals surface area contributed by atoms with E-state index in [1.165, 1.54) is 17.4 Å². The lowest BCUT2D eigenvalue weighted by Gasteiger charge is -2.07. The SMILES string of the molecule is O=c1c(=Cc2ccc(-c3cccc(C(F)(F)F)c3)o2)sc2nc3ccccc3n12. The summed E-state index contributed by atoms with van der Waals surface area (Å²) in [6.45, 7) is 0. The Bertz CT molecular complexity index is 1480. The van der Waals surface area contributed by atoms with Gasteiger partial charge in [-0.15, -0.1) is 0 Å². The van der Waals surface area contributed by atoms with Gasteiger partial charge in [-0.2, -0.15) is 13.2 Å². The third-order valence-electron chi connectivity index (χ3n) is 4.52. The van der Waals surface area contributed by atoms with Crippen LogP contribution in [-0.2, 0) is 6.18 Å². The van der Waals surface area contributed by atoms with Gasteiger partial charge in [-0.05, 0) is 36.4 Å². The highest BCUT2D eigenvalue weighted by Crippen LogP contribution is 2.32. The fraction of sp³-hybridized carbons (Fsp3) is 0.0476. The molecule has 0 atom stereocenters. The molecule has 2 aromatic carbocycles. The maximum atomic E-state index is 12.9. The zero-order chi connectivity index (χ0) is 20.2. The number of halogens is 3. The number of hydrogen-bond donors (Lipinski definition) is 0. The van der Waals surface area contributed by atoms with Crippen LogP contribution in [0.25, 0.3) is 33.4 Å². The van der Waals surface area contributed by atoms with Gasteiger partial charge < -0.3 is 4.42 Å². The fourth-order valence-electron chi connectivity index (χ4n) is 3.18. The van der Waals surface area contributed by atoms with E-state index in [0.29, 0.717) is 26.6 Å². The third kappa shape index (κ3) is 3.01. The number of alkyl halides is 3. The number of para-hydroxylation sites is 2. The molecule has 0 N–H and O–H groups in total. The highest BCUT2D eigenvalue weighted by Gasteiger charge is 2.30. The summed E-state index contributed by atoms with van der Waals surface area (Å²) in [4.78, 5) is 17.8. The van der Waals surface area contributed by atoms with Crippen molar-refractivity contribution in [2.75, 3.05) is 0 Å². The number of furan rings is 1. The second-order valence-electron chi connectivity index (χ2n) is 6.41. The van der Waals surface area contributed by atoms with E-state index in [9.17, 15) is 18.0 Å². The number of nitrogens with zero attached hydrogens (tertiary/aromatic N) is 2. The lowest BCUT2D eigenvalue weighted by molar-refractivity contribution is -0.137. The van der Waals surface area contributed by atoms with E-state index in [0.717, 1.165) is 23.2 Å². The van der Waals surface area contributed by atoms with Crippen LogP contribution in [0.4, 0.5) is 13.2 Å². The molecule has 144 valence electrons. The molecule has 0 aliphatic carbocycles. The van der Waals surface area contributed by atoms with Crippen LogP contribution in [0.3, 0.4) is 0 Å². The molecule has 0 unspecified atom stereocenters. The summed E-state index contributed by atoms with van der Waals surface area (Å²) in [6.07, 6.45) is -2.85. The van der Waals surface area contributed by atoms with E-state index in [2.05, 4.69) is 4.98 Å². The molecule has 0 aliphatic rings. The van der Waals surface area contributed by atoms with Gasteiger partial charge >= 0.3 is 6.18 Å². The van der Waals surface area contributed by atoms with Crippen molar-refractivity contribution >= 4 is 33.4 Å². The average Bonchev–Trinajstić information content (AvgIpc) is 3.37. The first kappa shape index (κ1) is 17.7. The van der Waals surface area contributed by atoms with Gasteiger partial charge in [0.25, 0.3) is 5.56 Å². The van der Waals surface area contributed by atoms with E-state index in [4.69, 9.17) is 4.42 Å². The molecule has 29 heavy (non-hydrogen) atoms. The lowest BCUT2D eigenvalue weighted by Crippen LogP contribution is -2.22. The minimum absolute atomic E-state index is 0.212. The third-order valence-corrected chi connectivity index (χ3v) is 5.49. The van der Waals surface area contributed by atoms with Crippen LogP contribution in [0.1, 0.15) is 11.3 Å². The quantitative estimate of drug-likeness (QED) is 0.421. The maximum Gasteiger partial charge on any atom is 0.416 e. The molecule has 5 aromatic rings. The fourth-order valence-corrected chi connectivity index (χ4v) is 4.14. The Morgan fingerprint density at radius 1 is 1.03 bits per heavy atom. The number of thiazole rings is 1. The minimum atomic E-state index is -4.43. The highest BCUT2D eigenvalue weighted by atomic mass is 32.1. The molecular weight excluding hydrogens is 401 g/mol.